The fraction of sp³-hybridized carbons (Fsp3) is 0.188. The largest absolute Gasteiger partial charge is 0.494 e. The number of hydrogen-bond donors (Lipinski definition) is 1. The van der Waals surface area contributed by atoms with Crippen LogP contribution in [0.4, 0.5) is 0 Å². The van der Waals surface area contributed by atoms with Gasteiger partial charge in [-0.05, 0) is 17.7 Å². The fourth-order valence-corrected chi connectivity index (χ4v) is 2.23. The van der Waals surface area contributed by atoms with Crippen molar-refractivity contribution in [2.45, 2.75) is 12.5 Å². The Labute approximate surface area is 117 Å². The molecule has 1 atom stereocenters. The zero-order valence-corrected chi connectivity index (χ0v) is 11.2. The van der Waals surface area contributed by atoms with Crippen LogP contribution in [-0.4, -0.2) is 12.1 Å². The Morgan fingerprint density at radius 3 is 2.70 bits per heavy atom. The summed E-state index contributed by atoms with van der Waals surface area (Å²) in [6, 6.07) is 15.4. The summed E-state index contributed by atoms with van der Waals surface area (Å²) in [5, 5.41) is 0. The Kier molecular flexibility index (Phi) is 3.39. The first-order chi connectivity index (χ1) is 9.78. The van der Waals surface area contributed by atoms with Crippen molar-refractivity contribution >= 4 is 11.1 Å². The summed E-state index contributed by atoms with van der Waals surface area (Å²) in [5.74, 6) is 1.34. The van der Waals surface area contributed by atoms with Crippen molar-refractivity contribution in [3.8, 4) is 5.75 Å². The van der Waals surface area contributed by atoms with E-state index in [9.17, 15) is 0 Å². The predicted octanol–water partition coefficient (Wildman–Crippen LogP) is 3.08. The second kappa shape index (κ2) is 5.35. The lowest BCUT2D eigenvalue weighted by atomic mass is 10.1. The van der Waals surface area contributed by atoms with E-state index in [1.54, 1.807) is 7.11 Å². The van der Waals surface area contributed by atoms with Crippen LogP contribution in [0.1, 0.15) is 17.5 Å². The molecule has 20 heavy (non-hydrogen) atoms. The maximum atomic E-state index is 6.19. The van der Waals surface area contributed by atoms with Crippen LogP contribution >= 0.6 is 0 Å². The minimum absolute atomic E-state index is 0.129. The Morgan fingerprint density at radius 2 is 1.95 bits per heavy atom. The normalized spacial score (nSPS) is 12.5. The van der Waals surface area contributed by atoms with E-state index in [4.69, 9.17) is 14.9 Å². The summed E-state index contributed by atoms with van der Waals surface area (Å²) in [7, 11) is 1.62. The summed E-state index contributed by atoms with van der Waals surface area (Å²) < 4.78 is 11.0. The number of hydrogen-bond acceptors (Lipinski definition) is 4. The van der Waals surface area contributed by atoms with Crippen molar-refractivity contribution in [3.63, 3.8) is 0 Å². The van der Waals surface area contributed by atoms with Crippen molar-refractivity contribution in [1.29, 1.82) is 0 Å². The van der Waals surface area contributed by atoms with Gasteiger partial charge in [0.25, 0.3) is 0 Å². The number of rotatable bonds is 4. The van der Waals surface area contributed by atoms with Gasteiger partial charge in [-0.25, -0.2) is 4.98 Å². The van der Waals surface area contributed by atoms with Crippen LogP contribution in [0.15, 0.2) is 52.9 Å². The van der Waals surface area contributed by atoms with Crippen LogP contribution in [0.5, 0.6) is 5.75 Å². The van der Waals surface area contributed by atoms with Crippen molar-refractivity contribution in [2.75, 3.05) is 7.11 Å². The second-order valence-electron chi connectivity index (χ2n) is 4.64. The maximum Gasteiger partial charge on any atom is 0.197 e. The first kappa shape index (κ1) is 12.7. The average molecular weight is 268 g/mol. The molecule has 0 radical (unpaired) electrons. The average Bonchev–Trinajstić information content (AvgIpc) is 2.90. The highest BCUT2D eigenvalue weighted by molar-refractivity contribution is 5.79. The highest BCUT2D eigenvalue weighted by Crippen LogP contribution is 2.26. The van der Waals surface area contributed by atoms with Crippen LogP contribution in [0.3, 0.4) is 0 Å². The highest BCUT2D eigenvalue weighted by atomic mass is 16.5. The smallest absolute Gasteiger partial charge is 0.197 e. The SMILES string of the molecule is COc1cccc2oc(CC(N)c3ccccc3)nc12. The molecule has 0 bridgehead atoms. The lowest BCUT2D eigenvalue weighted by molar-refractivity contribution is 0.419. The molecule has 1 aromatic heterocycles. The molecular formula is C16H16N2O2. The Balaban J connectivity index is 1.88. The standard InChI is InChI=1S/C16H16N2O2/c1-19-13-8-5-9-14-16(13)18-15(20-14)10-12(17)11-6-3-2-4-7-11/h2-9,12H,10,17H2,1H3. The van der Waals surface area contributed by atoms with Crippen LogP contribution in [0.25, 0.3) is 11.1 Å². The molecule has 2 N–H and O–H groups in total. The minimum atomic E-state index is -0.129. The van der Waals surface area contributed by atoms with Gasteiger partial charge in [0, 0.05) is 12.5 Å². The highest BCUT2D eigenvalue weighted by Gasteiger charge is 2.14. The molecule has 2 aromatic carbocycles. The molecule has 0 amide bonds. The first-order valence-corrected chi connectivity index (χ1v) is 6.51. The monoisotopic (exact) mass is 268 g/mol. The number of nitrogens with two attached hydrogens (primary N) is 1. The third-order valence-electron chi connectivity index (χ3n) is 3.27. The van der Waals surface area contributed by atoms with E-state index in [1.165, 1.54) is 0 Å². The van der Waals surface area contributed by atoms with Gasteiger partial charge in [0.1, 0.15) is 5.75 Å². The van der Waals surface area contributed by atoms with E-state index >= 15 is 0 Å². The molecule has 0 spiro atoms. The fourth-order valence-electron chi connectivity index (χ4n) is 2.23. The molecule has 1 heterocycles. The van der Waals surface area contributed by atoms with Crippen LogP contribution < -0.4 is 10.5 Å². The van der Waals surface area contributed by atoms with Gasteiger partial charge in [-0.3, -0.25) is 0 Å². The zero-order valence-electron chi connectivity index (χ0n) is 11.2. The molecule has 3 aromatic rings. The number of fused-ring (bicyclic) bond motifs is 1. The third kappa shape index (κ3) is 2.38. The van der Waals surface area contributed by atoms with Crippen molar-refractivity contribution < 1.29 is 9.15 Å². The molecule has 0 aliphatic heterocycles. The van der Waals surface area contributed by atoms with Gasteiger partial charge in [0.2, 0.25) is 0 Å². The van der Waals surface area contributed by atoms with E-state index in [1.807, 2.05) is 48.5 Å². The molecule has 102 valence electrons. The molecule has 0 aliphatic carbocycles. The molecule has 4 nitrogen and oxygen atoms in total. The van der Waals surface area contributed by atoms with Crippen LogP contribution in [0, 0.1) is 0 Å². The van der Waals surface area contributed by atoms with E-state index in [-0.39, 0.29) is 6.04 Å². The number of aromatic nitrogens is 1. The topological polar surface area (TPSA) is 61.3 Å². The van der Waals surface area contributed by atoms with E-state index < -0.39 is 0 Å². The minimum Gasteiger partial charge on any atom is -0.494 e. The Morgan fingerprint density at radius 1 is 1.15 bits per heavy atom. The number of methoxy groups -OCH3 is 1. The number of nitrogens with zero attached hydrogens (tertiary/aromatic N) is 1. The lowest BCUT2D eigenvalue weighted by Gasteiger charge is -2.08. The second-order valence-corrected chi connectivity index (χ2v) is 4.64. The van der Waals surface area contributed by atoms with Gasteiger partial charge < -0.3 is 14.9 Å². The molecule has 4 heteroatoms. The molecule has 3 rings (SSSR count). The predicted molar refractivity (Wildman–Crippen MR) is 77.6 cm³/mol. The number of benzene rings is 2. The van der Waals surface area contributed by atoms with Gasteiger partial charge in [0.05, 0.1) is 7.11 Å². The summed E-state index contributed by atoms with van der Waals surface area (Å²) in [6.45, 7) is 0. The van der Waals surface area contributed by atoms with Gasteiger partial charge in [-0.1, -0.05) is 36.4 Å². The number of oxazole rings is 1. The quantitative estimate of drug-likeness (QED) is 0.790. The van der Waals surface area contributed by atoms with Crippen LogP contribution in [-0.2, 0) is 6.42 Å². The maximum absolute atomic E-state index is 6.19. The van der Waals surface area contributed by atoms with Crippen LogP contribution in [0.2, 0.25) is 0 Å². The zero-order chi connectivity index (χ0) is 13.9. The summed E-state index contributed by atoms with van der Waals surface area (Å²) in [4.78, 5) is 4.48. The van der Waals surface area contributed by atoms with Gasteiger partial charge >= 0.3 is 0 Å². The molecule has 0 aliphatic rings. The Hall–Kier alpha value is -2.33. The van der Waals surface area contributed by atoms with Gasteiger partial charge in [0.15, 0.2) is 17.0 Å². The third-order valence-corrected chi connectivity index (χ3v) is 3.27. The molecular weight excluding hydrogens is 252 g/mol. The summed E-state index contributed by atoms with van der Waals surface area (Å²) >= 11 is 0. The van der Waals surface area contributed by atoms with E-state index in [0.29, 0.717) is 18.1 Å². The number of ether oxygens (including phenoxy) is 1. The summed E-state index contributed by atoms with van der Waals surface area (Å²) in [5.41, 5.74) is 8.72. The number of para-hydroxylation sites is 1. The molecule has 0 saturated carbocycles. The lowest BCUT2D eigenvalue weighted by Crippen LogP contribution is -2.13. The van der Waals surface area contributed by atoms with Gasteiger partial charge in [-0.15, -0.1) is 0 Å². The Bertz CT molecular complexity index is 707. The van der Waals surface area contributed by atoms with Crippen molar-refractivity contribution in [1.82, 2.24) is 4.98 Å². The van der Waals surface area contributed by atoms with E-state index in [2.05, 4.69) is 4.98 Å². The molecule has 0 saturated heterocycles. The summed E-state index contributed by atoms with van der Waals surface area (Å²) in [6.07, 6.45) is 0.557. The van der Waals surface area contributed by atoms with Crippen molar-refractivity contribution in [3.05, 3.63) is 60.0 Å². The van der Waals surface area contributed by atoms with E-state index in [0.717, 1.165) is 16.7 Å². The molecule has 0 fully saturated rings. The van der Waals surface area contributed by atoms with Gasteiger partial charge in [-0.2, -0.15) is 0 Å². The van der Waals surface area contributed by atoms with Crippen molar-refractivity contribution in [2.24, 2.45) is 5.73 Å². The first-order valence-electron chi connectivity index (χ1n) is 6.51. The molecule has 1 unspecified atom stereocenters.